The quantitative estimate of drug-likeness (QED) is 0.371. The maximum Gasteiger partial charge on any atom is 0.283 e. The van der Waals surface area contributed by atoms with Crippen LogP contribution in [-0.2, 0) is 20.0 Å². The van der Waals surface area contributed by atoms with E-state index in [1.165, 1.54) is 4.31 Å². The minimum atomic E-state index is -3.98. The standard InChI is InChI=1S/C28H40N4O4S2/c1-22(2)28-31(19-8-20-32(28)38(35,36)26-15-11-24(4)12-16-26)27(21-30-17-6-5-7-18-30)29-37(33,34)25-13-9-23(3)10-14-25/h9-16,22,28H,5-8,17-21H2,1-4H3/t28-/m1/s1. The molecule has 0 amide bonds. The van der Waals surface area contributed by atoms with Gasteiger partial charge in [0.1, 0.15) is 5.84 Å². The summed E-state index contributed by atoms with van der Waals surface area (Å²) in [4.78, 5) is 4.55. The molecule has 2 aliphatic heterocycles. The van der Waals surface area contributed by atoms with Gasteiger partial charge in [-0.2, -0.15) is 12.7 Å². The number of piperidine rings is 1. The van der Waals surface area contributed by atoms with Crippen molar-refractivity contribution >= 4 is 25.9 Å². The number of amidine groups is 1. The van der Waals surface area contributed by atoms with Gasteiger partial charge in [0.2, 0.25) is 10.0 Å². The Balaban J connectivity index is 1.76. The van der Waals surface area contributed by atoms with Crippen LogP contribution in [-0.4, -0.2) is 75.7 Å². The first-order valence-electron chi connectivity index (χ1n) is 13.5. The van der Waals surface area contributed by atoms with Gasteiger partial charge in [-0.15, -0.1) is 4.40 Å². The SMILES string of the molecule is Cc1ccc(S(=O)(=O)N=C(CN2CCCCC2)N2CCCN(S(=O)(=O)c3ccc(C)cc3)[C@@H]2C(C)C)cc1. The zero-order valence-corrected chi connectivity index (χ0v) is 24.5. The van der Waals surface area contributed by atoms with Gasteiger partial charge in [0.25, 0.3) is 10.0 Å². The minimum Gasteiger partial charge on any atom is -0.341 e. The number of hydrogen-bond acceptors (Lipinski definition) is 5. The van der Waals surface area contributed by atoms with Crippen LogP contribution in [0.4, 0.5) is 0 Å². The average Bonchev–Trinajstić information content (AvgIpc) is 2.89. The summed E-state index contributed by atoms with van der Waals surface area (Å²) < 4.78 is 60.6. The average molecular weight is 561 g/mol. The molecule has 2 fully saturated rings. The molecular weight excluding hydrogens is 520 g/mol. The summed E-state index contributed by atoms with van der Waals surface area (Å²) in [5.41, 5.74) is 1.95. The number of benzene rings is 2. The van der Waals surface area contributed by atoms with Gasteiger partial charge >= 0.3 is 0 Å². The van der Waals surface area contributed by atoms with E-state index in [2.05, 4.69) is 9.30 Å². The van der Waals surface area contributed by atoms with Gasteiger partial charge in [0.05, 0.1) is 22.5 Å². The highest BCUT2D eigenvalue weighted by Gasteiger charge is 2.41. The van der Waals surface area contributed by atoms with Crippen molar-refractivity contribution in [2.24, 2.45) is 10.3 Å². The van der Waals surface area contributed by atoms with E-state index in [-0.39, 0.29) is 15.7 Å². The lowest BCUT2D eigenvalue weighted by Crippen LogP contribution is -2.61. The Bertz CT molecular complexity index is 1330. The fourth-order valence-corrected chi connectivity index (χ4v) is 8.08. The molecule has 0 N–H and O–H groups in total. The molecule has 0 aromatic heterocycles. The monoisotopic (exact) mass is 560 g/mol. The normalized spacial score (nSPS) is 20.7. The first kappa shape index (κ1) is 28.7. The van der Waals surface area contributed by atoms with Crippen molar-refractivity contribution in [3.63, 3.8) is 0 Å². The van der Waals surface area contributed by atoms with Crippen LogP contribution < -0.4 is 0 Å². The molecule has 0 bridgehead atoms. The van der Waals surface area contributed by atoms with Gasteiger partial charge in [0, 0.05) is 13.1 Å². The molecule has 8 nitrogen and oxygen atoms in total. The van der Waals surface area contributed by atoms with E-state index in [0.29, 0.717) is 31.9 Å². The third kappa shape index (κ3) is 6.47. The maximum atomic E-state index is 13.8. The summed E-state index contributed by atoms with van der Waals surface area (Å²) in [6, 6.07) is 13.6. The Kier molecular flexibility index (Phi) is 8.96. The van der Waals surface area contributed by atoms with Gasteiger partial charge in [0.15, 0.2) is 0 Å². The van der Waals surface area contributed by atoms with Crippen LogP contribution in [0.2, 0.25) is 0 Å². The zero-order chi connectivity index (χ0) is 27.5. The second-order valence-electron chi connectivity index (χ2n) is 10.8. The summed E-state index contributed by atoms with van der Waals surface area (Å²) in [6.45, 7) is 10.8. The second-order valence-corrected chi connectivity index (χ2v) is 14.3. The summed E-state index contributed by atoms with van der Waals surface area (Å²) >= 11 is 0. The van der Waals surface area contributed by atoms with E-state index < -0.39 is 26.2 Å². The predicted octanol–water partition coefficient (Wildman–Crippen LogP) is 4.26. The number of aryl methyl sites for hydroxylation is 2. The molecule has 0 aliphatic carbocycles. The number of rotatable bonds is 7. The molecule has 0 saturated carbocycles. The van der Waals surface area contributed by atoms with Gasteiger partial charge < -0.3 is 4.90 Å². The van der Waals surface area contributed by atoms with Crippen LogP contribution in [0.3, 0.4) is 0 Å². The highest BCUT2D eigenvalue weighted by atomic mass is 32.2. The van der Waals surface area contributed by atoms with E-state index in [9.17, 15) is 16.8 Å². The molecule has 4 rings (SSSR count). The molecule has 1 atom stereocenters. The van der Waals surface area contributed by atoms with Crippen molar-refractivity contribution in [3.05, 3.63) is 59.7 Å². The van der Waals surface area contributed by atoms with Crippen molar-refractivity contribution in [3.8, 4) is 0 Å². The lowest BCUT2D eigenvalue weighted by Gasteiger charge is -2.47. The van der Waals surface area contributed by atoms with Crippen molar-refractivity contribution < 1.29 is 16.8 Å². The fourth-order valence-electron chi connectivity index (χ4n) is 5.29. The second kappa shape index (κ2) is 11.9. The highest BCUT2D eigenvalue weighted by Crippen LogP contribution is 2.29. The minimum absolute atomic E-state index is 0.0934. The summed E-state index contributed by atoms with van der Waals surface area (Å²) in [5.74, 6) is 0.319. The number of sulfonamides is 2. The molecule has 0 radical (unpaired) electrons. The van der Waals surface area contributed by atoms with Crippen LogP contribution in [0.5, 0.6) is 0 Å². The van der Waals surface area contributed by atoms with Crippen LogP contribution in [0.15, 0.2) is 62.7 Å². The molecule has 2 aromatic carbocycles. The molecule has 10 heteroatoms. The lowest BCUT2D eigenvalue weighted by molar-refractivity contribution is 0.0799. The van der Waals surface area contributed by atoms with E-state index in [4.69, 9.17) is 0 Å². The van der Waals surface area contributed by atoms with Gasteiger partial charge in [-0.3, -0.25) is 4.90 Å². The first-order valence-corrected chi connectivity index (χ1v) is 16.3. The smallest absolute Gasteiger partial charge is 0.283 e. The van der Waals surface area contributed by atoms with Crippen LogP contribution in [0.1, 0.15) is 50.7 Å². The summed E-state index contributed by atoms with van der Waals surface area (Å²) in [5, 5.41) is 0. The fraction of sp³-hybridized carbons (Fsp3) is 0.536. The summed E-state index contributed by atoms with van der Waals surface area (Å²) in [7, 11) is -7.78. The number of nitrogens with zero attached hydrogens (tertiary/aromatic N) is 4. The Morgan fingerprint density at radius 3 is 1.89 bits per heavy atom. The topological polar surface area (TPSA) is 90.4 Å². The third-order valence-corrected chi connectivity index (χ3v) is 10.5. The Hall–Kier alpha value is -2.27. The Labute approximate surface area is 228 Å². The molecule has 38 heavy (non-hydrogen) atoms. The molecule has 2 saturated heterocycles. The van der Waals surface area contributed by atoms with Crippen molar-refractivity contribution in [2.75, 3.05) is 32.7 Å². The van der Waals surface area contributed by atoms with E-state index in [1.54, 1.807) is 48.5 Å². The van der Waals surface area contributed by atoms with Crippen LogP contribution in [0.25, 0.3) is 0 Å². The molecule has 208 valence electrons. The van der Waals surface area contributed by atoms with Gasteiger partial charge in [-0.25, -0.2) is 8.42 Å². The van der Waals surface area contributed by atoms with Gasteiger partial charge in [-0.05, 0) is 76.4 Å². The zero-order valence-electron chi connectivity index (χ0n) is 22.9. The highest BCUT2D eigenvalue weighted by molar-refractivity contribution is 7.90. The van der Waals surface area contributed by atoms with E-state index in [1.807, 2.05) is 32.6 Å². The van der Waals surface area contributed by atoms with Crippen molar-refractivity contribution in [2.45, 2.75) is 69.3 Å². The van der Waals surface area contributed by atoms with Crippen molar-refractivity contribution in [1.82, 2.24) is 14.1 Å². The third-order valence-electron chi connectivity index (χ3n) is 7.31. The molecule has 0 unspecified atom stereocenters. The molecule has 2 aromatic rings. The van der Waals surface area contributed by atoms with E-state index in [0.717, 1.165) is 43.5 Å². The molecule has 2 aliphatic rings. The Morgan fingerprint density at radius 1 is 0.789 bits per heavy atom. The number of likely N-dealkylation sites (tertiary alicyclic amines) is 1. The number of hydrogen-bond donors (Lipinski definition) is 0. The molecule has 0 spiro atoms. The molecule has 2 heterocycles. The maximum absolute atomic E-state index is 13.8. The lowest BCUT2D eigenvalue weighted by atomic mass is 10.1. The summed E-state index contributed by atoms with van der Waals surface area (Å²) in [6.07, 6.45) is 3.30. The largest absolute Gasteiger partial charge is 0.341 e. The van der Waals surface area contributed by atoms with Crippen LogP contribution in [0, 0.1) is 19.8 Å². The Morgan fingerprint density at radius 2 is 1.34 bits per heavy atom. The van der Waals surface area contributed by atoms with Crippen LogP contribution >= 0.6 is 0 Å². The molecular formula is C28H40N4O4S2. The van der Waals surface area contributed by atoms with Crippen molar-refractivity contribution in [1.29, 1.82) is 0 Å². The van der Waals surface area contributed by atoms with Gasteiger partial charge in [-0.1, -0.05) is 55.7 Å². The first-order chi connectivity index (χ1) is 18.0. The van der Waals surface area contributed by atoms with E-state index >= 15 is 0 Å². The predicted molar refractivity (Wildman–Crippen MR) is 151 cm³/mol.